The van der Waals surface area contributed by atoms with Crippen molar-refractivity contribution in [2.75, 3.05) is 13.2 Å². The van der Waals surface area contributed by atoms with Crippen molar-refractivity contribution in [2.45, 2.75) is 44.9 Å². The molecular weight excluding hydrogens is 528 g/mol. The van der Waals surface area contributed by atoms with E-state index in [0.717, 1.165) is 31.7 Å². The second kappa shape index (κ2) is 11.4. The lowest BCUT2D eigenvalue weighted by molar-refractivity contribution is 0.0775. The first-order valence-electron chi connectivity index (χ1n) is 12.4. The molecule has 0 aliphatic carbocycles. The van der Waals surface area contributed by atoms with Gasteiger partial charge in [0, 0.05) is 67.0 Å². The molecule has 198 valence electrons. The number of aromatic amines is 1. The third-order valence-corrected chi connectivity index (χ3v) is 7.12. The lowest BCUT2D eigenvalue weighted by Gasteiger charge is -2.28. The maximum Gasteiger partial charge on any atom is 0.134 e. The van der Waals surface area contributed by atoms with Gasteiger partial charge in [0.25, 0.3) is 0 Å². The fraction of sp³-hybridized carbons (Fsp3) is 0.321. The monoisotopic (exact) mass is 555 g/mol. The number of fused-ring (bicyclic) bond motifs is 1. The van der Waals surface area contributed by atoms with E-state index in [4.69, 9.17) is 32.7 Å². The van der Waals surface area contributed by atoms with Crippen LogP contribution in [-0.2, 0) is 16.9 Å². The Morgan fingerprint density at radius 3 is 2.63 bits per heavy atom. The minimum absolute atomic E-state index is 0.387. The van der Waals surface area contributed by atoms with E-state index >= 15 is 4.39 Å². The van der Waals surface area contributed by atoms with Crippen LogP contribution in [0.25, 0.3) is 22.8 Å². The van der Waals surface area contributed by atoms with E-state index in [1.165, 1.54) is 18.5 Å². The molecule has 10 heteroatoms. The van der Waals surface area contributed by atoms with Crippen LogP contribution in [-0.4, -0.2) is 39.4 Å². The molecule has 3 aromatic heterocycles. The molecule has 1 aliphatic heterocycles. The Balaban J connectivity index is 1.32. The molecule has 0 spiro atoms. The Morgan fingerprint density at radius 2 is 1.92 bits per heavy atom. The van der Waals surface area contributed by atoms with Gasteiger partial charge in [0.05, 0.1) is 26.9 Å². The molecule has 0 atom stereocenters. The number of hydrogen-bond acceptors (Lipinski definition) is 6. The zero-order valence-electron chi connectivity index (χ0n) is 21.1. The third-order valence-electron chi connectivity index (χ3n) is 6.55. The Bertz CT molecular complexity index is 1430. The summed E-state index contributed by atoms with van der Waals surface area (Å²) in [7, 11) is 0. The number of benzene rings is 1. The summed E-state index contributed by atoms with van der Waals surface area (Å²) in [4.78, 5) is 8.44. The van der Waals surface area contributed by atoms with Crippen LogP contribution in [0.4, 0.5) is 4.39 Å². The van der Waals surface area contributed by atoms with Gasteiger partial charge in [0.1, 0.15) is 17.2 Å². The smallest absolute Gasteiger partial charge is 0.134 e. The van der Waals surface area contributed by atoms with Gasteiger partial charge in [-0.25, -0.2) is 4.39 Å². The molecule has 5 rings (SSSR count). The van der Waals surface area contributed by atoms with Crippen LogP contribution in [0.5, 0.6) is 5.75 Å². The summed E-state index contributed by atoms with van der Waals surface area (Å²) in [6.07, 6.45) is 8.00. The summed E-state index contributed by atoms with van der Waals surface area (Å²) in [6.45, 7) is 5.94. The zero-order chi connectivity index (χ0) is 26.7. The van der Waals surface area contributed by atoms with Gasteiger partial charge in [0.15, 0.2) is 0 Å². The number of nitrogens with one attached hydrogen (secondary N) is 2. The number of aromatic nitrogens is 4. The normalized spacial score (nSPS) is 15.2. The van der Waals surface area contributed by atoms with E-state index in [1.54, 1.807) is 18.3 Å². The standard InChI is InChI=1S/C28H28Cl2FN5O2/c1-28(2,27-22(29)15-32-16-23(27)30)38-20-5-6-25-21(11-20)26(36-35-25)12-24(31)17-3-4-19(33-13-17)14-34-18-7-9-37-10-8-18/h3-6,11-13,15-16,18,34H,7-10,14H2,1-2H3,(H,35,36)/b24-12-. The van der Waals surface area contributed by atoms with E-state index in [0.29, 0.717) is 56.1 Å². The highest BCUT2D eigenvalue weighted by molar-refractivity contribution is 6.35. The highest BCUT2D eigenvalue weighted by Gasteiger charge is 2.29. The van der Waals surface area contributed by atoms with Crippen LogP contribution in [0.15, 0.2) is 48.9 Å². The van der Waals surface area contributed by atoms with Crippen molar-refractivity contribution in [2.24, 2.45) is 0 Å². The van der Waals surface area contributed by atoms with Gasteiger partial charge in [-0.2, -0.15) is 5.10 Å². The maximum atomic E-state index is 15.2. The predicted molar refractivity (Wildman–Crippen MR) is 148 cm³/mol. The molecule has 1 fully saturated rings. The SMILES string of the molecule is CC(C)(Oc1ccc2n[nH]c(/C=C(\F)c3ccc(CNC4CCOCC4)nc3)c2c1)c1c(Cl)cncc1Cl. The molecule has 0 amide bonds. The van der Waals surface area contributed by atoms with Gasteiger partial charge in [-0.3, -0.25) is 15.1 Å². The van der Waals surface area contributed by atoms with Gasteiger partial charge < -0.3 is 14.8 Å². The highest BCUT2D eigenvalue weighted by atomic mass is 35.5. The van der Waals surface area contributed by atoms with Crippen LogP contribution < -0.4 is 10.1 Å². The fourth-order valence-corrected chi connectivity index (χ4v) is 5.37. The molecule has 38 heavy (non-hydrogen) atoms. The number of ether oxygens (including phenoxy) is 2. The van der Waals surface area contributed by atoms with Crippen LogP contribution in [0, 0.1) is 0 Å². The van der Waals surface area contributed by atoms with Crippen LogP contribution in [0.2, 0.25) is 10.0 Å². The van der Waals surface area contributed by atoms with Crippen molar-refractivity contribution in [3.63, 3.8) is 0 Å². The second-order valence-corrected chi connectivity index (χ2v) is 10.5. The Kier molecular flexibility index (Phi) is 7.95. The number of pyridine rings is 2. The minimum Gasteiger partial charge on any atom is -0.483 e. The molecule has 1 saturated heterocycles. The van der Waals surface area contributed by atoms with Crippen LogP contribution in [0.3, 0.4) is 0 Å². The summed E-state index contributed by atoms with van der Waals surface area (Å²) in [6, 6.07) is 9.42. The second-order valence-electron chi connectivity index (χ2n) is 9.70. The number of halogens is 3. The first-order chi connectivity index (χ1) is 18.3. The summed E-state index contributed by atoms with van der Waals surface area (Å²) < 4.78 is 26.9. The molecule has 4 heterocycles. The van der Waals surface area contributed by atoms with Crippen molar-refractivity contribution in [1.82, 2.24) is 25.5 Å². The van der Waals surface area contributed by atoms with Crippen molar-refractivity contribution < 1.29 is 13.9 Å². The molecule has 0 radical (unpaired) electrons. The largest absolute Gasteiger partial charge is 0.483 e. The number of nitrogens with zero attached hydrogens (tertiary/aromatic N) is 3. The van der Waals surface area contributed by atoms with E-state index in [-0.39, 0.29) is 0 Å². The van der Waals surface area contributed by atoms with E-state index < -0.39 is 11.4 Å². The Morgan fingerprint density at radius 1 is 1.16 bits per heavy atom. The summed E-state index contributed by atoms with van der Waals surface area (Å²) in [5.74, 6) is 0.139. The predicted octanol–water partition coefficient (Wildman–Crippen LogP) is 6.71. The lowest BCUT2D eigenvalue weighted by Crippen LogP contribution is -2.34. The average Bonchev–Trinajstić information content (AvgIpc) is 3.29. The van der Waals surface area contributed by atoms with Crippen molar-refractivity contribution in [1.29, 1.82) is 0 Å². The quantitative estimate of drug-likeness (QED) is 0.251. The van der Waals surface area contributed by atoms with Crippen LogP contribution in [0.1, 0.15) is 49.2 Å². The van der Waals surface area contributed by atoms with Gasteiger partial charge >= 0.3 is 0 Å². The minimum atomic E-state index is -0.844. The number of rotatable bonds is 8. The van der Waals surface area contributed by atoms with Crippen molar-refractivity contribution >= 4 is 46.0 Å². The molecular formula is C28H28Cl2FN5O2. The molecule has 7 nitrogen and oxygen atoms in total. The van der Waals surface area contributed by atoms with Crippen LogP contribution >= 0.6 is 23.2 Å². The first-order valence-corrected chi connectivity index (χ1v) is 13.2. The maximum absolute atomic E-state index is 15.2. The van der Waals surface area contributed by atoms with E-state index in [1.807, 2.05) is 32.0 Å². The topological polar surface area (TPSA) is 85.0 Å². The number of hydrogen-bond donors (Lipinski definition) is 2. The molecule has 0 bridgehead atoms. The third kappa shape index (κ3) is 5.99. The molecule has 1 aliphatic rings. The molecule has 2 N–H and O–H groups in total. The van der Waals surface area contributed by atoms with Gasteiger partial charge in [0.2, 0.25) is 0 Å². The fourth-order valence-electron chi connectivity index (χ4n) is 4.55. The van der Waals surface area contributed by atoms with Crippen molar-refractivity contribution in [3.05, 3.63) is 81.5 Å². The van der Waals surface area contributed by atoms with Crippen molar-refractivity contribution in [3.8, 4) is 5.75 Å². The number of H-pyrrole nitrogens is 1. The van der Waals surface area contributed by atoms with Gasteiger partial charge in [-0.15, -0.1) is 0 Å². The summed E-state index contributed by atoms with van der Waals surface area (Å²) >= 11 is 12.7. The lowest BCUT2D eigenvalue weighted by atomic mass is 9.99. The molecule has 0 unspecified atom stereocenters. The molecule has 4 aromatic rings. The highest BCUT2D eigenvalue weighted by Crippen LogP contribution is 2.37. The Hall–Kier alpha value is -3.04. The average molecular weight is 556 g/mol. The van der Waals surface area contributed by atoms with Gasteiger partial charge in [-0.05, 0) is 57.0 Å². The first kappa shape index (κ1) is 26.6. The van der Waals surface area contributed by atoms with E-state index in [9.17, 15) is 0 Å². The summed E-state index contributed by atoms with van der Waals surface area (Å²) in [5, 5.41) is 12.2. The Labute approximate surface area is 230 Å². The summed E-state index contributed by atoms with van der Waals surface area (Å²) in [5.41, 5.74) is 2.24. The zero-order valence-corrected chi connectivity index (χ0v) is 22.6. The molecule has 0 saturated carbocycles. The molecule has 1 aromatic carbocycles. The van der Waals surface area contributed by atoms with Gasteiger partial charge in [-0.1, -0.05) is 23.2 Å². The van der Waals surface area contributed by atoms with E-state index in [2.05, 4.69) is 25.5 Å².